The SMILES string of the molecule is COC(=O)COc1c(I)cc(/C=C2\N=C(c3ccccc3F)OC2=O)cc1OC. The number of esters is 2. The number of halogens is 2. The van der Waals surface area contributed by atoms with Gasteiger partial charge in [-0.25, -0.2) is 19.0 Å². The highest BCUT2D eigenvalue weighted by Crippen LogP contribution is 2.35. The second-order valence-electron chi connectivity index (χ2n) is 5.71. The molecule has 0 saturated carbocycles. The minimum absolute atomic E-state index is 0.0179. The van der Waals surface area contributed by atoms with Crippen molar-refractivity contribution in [1.82, 2.24) is 0 Å². The maximum absolute atomic E-state index is 13.9. The van der Waals surface area contributed by atoms with E-state index < -0.39 is 17.8 Å². The Morgan fingerprint density at radius 1 is 1.28 bits per heavy atom. The van der Waals surface area contributed by atoms with Gasteiger partial charge in [0.1, 0.15) is 5.82 Å². The van der Waals surface area contributed by atoms with Gasteiger partial charge in [0.2, 0.25) is 5.90 Å². The van der Waals surface area contributed by atoms with E-state index in [0.717, 1.165) is 0 Å². The lowest BCUT2D eigenvalue weighted by molar-refractivity contribution is -0.143. The molecule has 0 saturated heterocycles. The van der Waals surface area contributed by atoms with Crippen LogP contribution >= 0.6 is 22.6 Å². The average molecular weight is 511 g/mol. The third kappa shape index (κ3) is 4.73. The largest absolute Gasteiger partial charge is 0.493 e. The average Bonchev–Trinajstić information content (AvgIpc) is 3.06. The van der Waals surface area contributed by atoms with Gasteiger partial charge >= 0.3 is 11.9 Å². The summed E-state index contributed by atoms with van der Waals surface area (Å²) in [5, 5.41) is 0. The molecular formula is C20H15FINO6. The van der Waals surface area contributed by atoms with Gasteiger partial charge in [-0.1, -0.05) is 12.1 Å². The molecule has 2 aromatic carbocycles. The summed E-state index contributed by atoms with van der Waals surface area (Å²) in [5.74, 6) is -1.13. The van der Waals surface area contributed by atoms with Gasteiger partial charge in [0, 0.05) is 0 Å². The summed E-state index contributed by atoms with van der Waals surface area (Å²) >= 11 is 2.02. The molecule has 1 aliphatic rings. The molecule has 1 aliphatic heterocycles. The highest BCUT2D eigenvalue weighted by atomic mass is 127. The predicted octanol–water partition coefficient (Wildman–Crippen LogP) is 3.34. The standard InChI is InChI=1S/C20H15FINO6/c1-26-16-9-11(7-14(22)18(16)28-10-17(24)27-2)8-15-20(25)29-19(23-15)12-5-3-4-6-13(12)21/h3-9H,10H2,1-2H3/b15-8-. The Morgan fingerprint density at radius 2 is 2.03 bits per heavy atom. The number of cyclic esters (lactones) is 1. The van der Waals surface area contributed by atoms with E-state index in [4.69, 9.17) is 14.2 Å². The fraction of sp³-hybridized carbons (Fsp3) is 0.150. The normalized spacial score (nSPS) is 14.4. The van der Waals surface area contributed by atoms with E-state index >= 15 is 0 Å². The van der Waals surface area contributed by atoms with Gasteiger partial charge in [-0.3, -0.25) is 0 Å². The molecular weight excluding hydrogens is 496 g/mol. The first kappa shape index (κ1) is 20.8. The van der Waals surface area contributed by atoms with Crippen molar-refractivity contribution in [3.05, 3.63) is 62.6 Å². The Kier molecular flexibility index (Phi) is 6.47. The van der Waals surface area contributed by atoms with Crippen molar-refractivity contribution in [2.45, 2.75) is 0 Å². The molecule has 2 aromatic rings. The maximum atomic E-state index is 13.9. The molecule has 0 aliphatic carbocycles. The second-order valence-corrected chi connectivity index (χ2v) is 6.88. The van der Waals surface area contributed by atoms with Gasteiger partial charge in [0.05, 0.1) is 23.4 Å². The molecule has 150 valence electrons. The van der Waals surface area contributed by atoms with Crippen LogP contribution in [0.15, 0.2) is 47.1 Å². The van der Waals surface area contributed by atoms with Crippen LogP contribution in [0.4, 0.5) is 4.39 Å². The number of methoxy groups -OCH3 is 2. The molecule has 9 heteroatoms. The van der Waals surface area contributed by atoms with Crippen LogP contribution in [-0.4, -0.2) is 38.7 Å². The fourth-order valence-corrected chi connectivity index (χ4v) is 3.25. The third-order valence-corrected chi connectivity index (χ3v) is 4.64. The minimum atomic E-state index is -0.691. The molecule has 7 nitrogen and oxygen atoms in total. The van der Waals surface area contributed by atoms with Crippen molar-refractivity contribution >= 4 is 46.5 Å². The number of hydrogen-bond acceptors (Lipinski definition) is 7. The molecule has 0 unspecified atom stereocenters. The second kappa shape index (κ2) is 9.03. The maximum Gasteiger partial charge on any atom is 0.363 e. The first-order valence-electron chi connectivity index (χ1n) is 8.27. The van der Waals surface area contributed by atoms with Crippen molar-refractivity contribution < 1.29 is 32.9 Å². The summed E-state index contributed by atoms with van der Waals surface area (Å²) in [6.45, 7) is -0.272. The van der Waals surface area contributed by atoms with Crippen molar-refractivity contribution in [1.29, 1.82) is 0 Å². The molecule has 3 rings (SSSR count). The topological polar surface area (TPSA) is 83.4 Å². The zero-order chi connectivity index (χ0) is 21.0. The number of benzene rings is 2. The quantitative estimate of drug-likeness (QED) is 0.336. The number of aliphatic imine (C=N–C) groups is 1. The van der Waals surface area contributed by atoms with E-state index in [-0.39, 0.29) is 23.8 Å². The third-order valence-electron chi connectivity index (χ3n) is 3.84. The van der Waals surface area contributed by atoms with Gasteiger partial charge < -0.3 is 18.9 Å². The molecule has 0 fully saturated rings. The number of hydrogen-bond donors (Lipinski definition) is 0. The Bertz CT molecular complexity index is 1030. The Hall–Kier alpha value is -2.95. The van der Waals surface area contributed by atoms with Crippen LogP contribution in [0, 0.1) is 9.39 Å². The van der Waals surface area contributed by atoms with Crippen molar-refractivity contribution in [3.8, 4) is 11.5 Å². The highest BCUT2D eigenvalue weighted by molar-refractivity contribution is 14.1. The summed E-state index contributed by atoms with van der Waals surface area (Å²) < 4.78 is 35.0. The molecule has 0 radical (unpaired) electrons. The summed E-state index contributed by atoms with van der Waals surface area (Å²) in [6.07, 6.45) is 1.49. The van der Waals surface area contributed by atoms with Gasteiger partial charge in [0.25, 0.3) is 0 Å². The monoisotopic (exact) mass is 511 g/mol. The lowest BCUT2D eigenvalue weighted by atomic mass is 10.1. The smallest absolute Gasteiger partial charge is 0.363 e. The first-order valence-corrected chi connectivity index (χ1v) is 9.35. The highest BCUT2D eigenvalue weighted by Gasteiger charge is 2.26. The van der Waals surface area contributed by atoms with E-state index in [2.05, 4.69) is 9.73 Å². The molecule has 0 amide bonds. The molecule has 0 spiro atoms. The number of nitrogens with zero attached hydrogens (tertiary/aromatic N) is 1. The molecule has 0 bridgehead atoms. The Balaban J connectivity index is 1.91. The van der Waals surface area contributed by atoms with Gasteiger partial charge in [-0.15, -0.1) is 0 Å². The number of carbonyl (C=O) groups excluding carboxylic acids is 2. The van der Waals surface area contributed by atoms with E-state index in [1.54, 1.807) is 18.2 Å². The van der Waals surface area contributed by atoms with Crippen molar-refractivity contribution in [3.63, 3.8) is 0 Å². The molecule has 1 heterocycles. The summed E-state index contributed by atoms with van der Waals surface area (Å²) in [5.41, 5.74) is 0.703. The van der Waals surface area contributed by atoms with Gasteiger partial charge in [-0.05, 0) is 58.5 Å². The zero-order valence-corrected chi connectivity index (χ0v) is 17.6. The van der Waals surface area contributed by atoms with E-state index in [1.165, 1.54) is 38.5 Å². The summed E-state index contributed by atoms with van der Waals surface area (Å²) in [7, 11) is 2.71. The number of rotatable bonds is 6. The summed E-state index contributed by atoms with van der Waals surface area (Å²) in [6, 6.07) is 9.22. The van der Waals surface area contributed by atoms with Crippen molar-refractivity contribution in [2.75, 3.05) is 20.8 Å². The summed E-state index contributed by atoms with van der Waals surface area (Å²) in [4.78, 5) is 27.6. The van der Waals surface area contributed by atoms with E-state index in [1.807, 2.05) is 22.6 Å². The Morgan fingerprint density at radius 3 is 2.72 bits per heavy atom. The van der Waals surface area contributed by atoms with E-state index in [0.29, 0.717) is 20.6 Å². The first-order chi connectivity index (χ1) is 13.9. The van der Waals surface area contributed by atoms with Crippen LogP contribution in [0.1, 0.15) is 11.1 Å². The van der Waals surface area contributed by atoms with E-state index in [9.17, 15) is 14.0 Å². The number of carbonyl (C=O) groups is 2. The van der Waals surface area contributed by atoms with Crippen LogP contribution in [0.25, 0.3) is 6.08 Å². The Labute approximate surface area is 179 Å². The minimum Gasteiger partial charge on any atom is -0.493 e. The molecule has 0 N–H and O–H groups in total. The zero-order valence-electron chi connectivity index (χ0n) is 15.4. The predicted molar refractivity (Wildman–Crippen MR) is 110 cm³/mol. The van der Waals surface area contributed by atoms with Crippen LogP contribution < -0.4 is 9.47 Å². The molecule has 0 atom stereocenters. The van der Waals surface area contributed by atoms with Gasteiger partial charge in [0.15, 0.2) is 23.8 Å². The molecule has 0 aromatic heterocycles. The molecule has 29 heavy (non-hydrogen) atoms. The fourth-order valence-electron chi connectivity index (χ4n) is 2.47. The lowest BCUT2D eigenvalue weighted by Crippen LogP contribution is -2.13. The van der Waals surface area contributed by atoms with Crippen LogP contribution in [0.3, 0.4) is 0 Å². The number of ether oxygens (including phenoxy) is 4. The van der Waals surface area contributed by atoms with Crippen molar-refractivity contribution in [2.24, 2.45) is 4.99 Å². The van der Waals surface area contributed by atoms with Crippen LogP contribution in [0.5, 0.6) is 11.5 Å². The van der Waals surface area contributed by atoms with Crippen LogP contribution in [-0.2, 0) is 19.1 Å². The van der Waals surface area contributed by atoms with Gasteiger partial charge in [-0.2, -0.15) is 0 Å². The van der Waals surface area contributed by atoms with Crippen LogP contribution in [0.2, 0.25) is 0 Å². The lowest BCUT2D eigenvalue weighted by Gasteiger charge is -2.12.